The van der Waals surface area contributed by atoms with E-state index < -0.39 is 5.97 Å². The van der Waals surface area contributed by atoms with Gasteiger partial charge in [-0.1, -0.05) is 12.6 Å². The first kappa shape index (κ1) is 7.94. The topological polar surface area (TPSA) is 39.2 Å². The Morgan fingerprint density at radius 3 is 2.82 bits per heavy atom. The van der Waals surface area contributed by atoms with Crippen LogP contribution in [0.5, 0.6) is 0 Å². The molecular weight excluding hydrogens is 162 g/mol. The zero-order valence-corrected chi connectivity index (χ0v) is 6.72. The first-order valence-electron chi connectivity index (χ1n) is 2.95. The van der Waals surface area contributed by atoms with Crippen LogP contribution in [0.2, 0.25) is 0 Å². The van der Waals surface area contributed by atoms with E-state index in [2.05, 4.69) is 9.72 Å². The van der Waals surface area contributed by atoms with Crippen LogP contribution in [0, 0.1) is 0 Å². The van der Waals surface area contributed by atoms with E-state index in [9.17, 15) is 4.79 Å². The molecular formula is C7H6NO2S. The van der Waals surface area contributed by atoms with Gasteiger partial charge in [0.25, 0.3) is 0 Å². The van der Waals surface area contributed by atoms with E-state index in [0.717, 1.165) is 0 Å². The number of hydrogen-bond donors (Lipinski definition) is 0. The number of ether oxygens (including phenoxy) is 1. The first-order chi connectivity index (χ1) is 5.24. The predicted octanol–water partition coefficient (Wildman–Crippen LogP) is 1.42. The summed E-state index contributed by atoms with van der Waals surface area (Å²) in [4.78, 5) is 14.6. The molecule has 0 saturated carbocycles. The van der Waals surface area contributed by atoms with E-state index in [1.165, 1.54) is 13.3 Å². The first-order valence-corrected chi connectivity index (χ1v) is 3.36. The highest BCUT2D eigenvalue weighted by Crippen LogP contribution is 2.03. The van der Waals surface area contributed by atoms with Gasteiger partial charge in [0, 0.05) is 6.20 Å². The van der Waals surface area contributed by atoms with E-state index in [1.54, 1.807) is 12.1 Å². The van der Waals surface area contributed by atoms with Crippen molar-refractivity contribution >= 4 is 18.6 Å². The second-order valence-corrected chi connectivity index (χ2v) is 2.29. The molecule has 0 spiro atoms. The Morgan fingerprint density at radius 2 is 2.36 bits per heavy atom. The maximum absolute atomic E-state index is 10.8. The third-order valence-corrected chi connectivity index (χ3v) is 1.40. The van der Waals surface area contributed by atoms with Crippen molar-refractivity contribution in [3.63, 3.8) is 0 Å². The van der Waals surface area contributed by atoms with Gasteiger partial charge in [0.15, 0.2) is 0 Å². The minimum absolute atomic E-state index is 0.396. The van der Waals surface area contributed by atoms with Gasteiger partial charge in [-0.25, -0.2) is 9.78 Å². The number of pyridine rings is 1. The number of methoxy groups -OCH3 is 1. The third-order valence-electron chi connectivity index (χ3n) is 1.16. The van der Waals surface area contributed by atoms with Crippen molar-refractivity contribution in [2.75, 3.05) is 7.11 Å². The van der Waals surface area contributed by atoms with Crippen molar-refractivity contribution in [3.05, 3.63) is 23.9 Å². The molecule has 0 aromatic carbocycles. The van der Waals surface area contributed by atoms with Crippen molar-refractivity contribution in [2.45, 2.75) is 5.03 Å². The minimum Gasteiger partial charge on any atom is -0.465 e. The van der Waals surface area contributed by atoms with E-state index in [1.807, 2.05) is 0 Å². The van der Waals surface area contributed by atoms with Crippen LogP contribution in [0.1, 0.15) is 10.4 Å². The van der Waals surface area contributed by atoms with Crippen molar-refractivity contribution in [1.29, 1.82) is 0 Å². The summed E-state index contributed by atoms with van der Waals surface area (Å²) in [6, 6.07) is 3.17. The van der Waals surface area contributed by atoms with E-state index in [0.29, 0.717) is 10.6 Å². The van der Waals surface area contributed by atoms with Crippen LogP contribution in [-0.2, 0) is 4.74 Å². The van der Waals surface area contributed by atoms with Crippen molar-refractivity contribution in [3.8, 4) is 0 Å². The summed E-state index contributed by atoms with van der Waals surface area (Å²) < 4.78 is 4.46. The standard InChI is InChI=1S/C7H6NO2S/c1-10-7(9)5-2-3-6(11)8-4-5/h2-4H,1H3. The SMILES string of the molecule is COC(=O)c1ccc([S])nc1. The van der Waals surface area contributed by atoms with Gasteiger partial charge < -0.3 is 4.74 Å². The Labute approximate surface area is 69.8 Å². The minimum atomic E-state index is -0.396. The van der Waals surface area contributed by atoms with Crippen molar-refractivity contribution in [1.82, 2.24) is 4.98 Å². The van der Waals surface area contributed by atoms with Gasteiger partial charge in [0.2, 0.25) is 0 Å². The molecule has 1 aromatic heterocycles. The molecule has 4 heteroatoms. The molecule has 11 heavy (non-hydrogen) atoms. The highest BCUT2D eigenvalue weighted by Gasteiger charge is 2.03. The largest absolute Gasteiger partial charge is 0.465 e. The number of nitrogens with zero attached hydrogens (tertiary/aromatic N) is 1. The molecule has 0 unspecified atom stereocenters. The molecule has 0 aliphatic heterocycles. The van der Waals surface area contributed by atoms with E-state index in [-0.39, 0.29) is 0 Å². The van der Waals surface area contributed by atoms with Crippen molar-refractivity contribution < 1.29 is 9.53 Å². The van der Waals surface area contributed by atoms with Crippen molar-refractivity contribution in [2.24, 2.45) is 0 Å². The summed E-state index contributed by atoms with van der Waals surface area (Å²) in [6.45, 7) is 0. The van der Waals surface area contributed by atoms with Gasteiger partial charge in [-0.15, -0.1) is 0 Å². The molecule has 1 rings (SSSR count). The molecule has 57 valence electrons. The Morgan fingerprint density at radius 1 is 1.64 bits per heavy atom. The smallest absolute Gasteiger partial charge is 0.339 e. The normalized spacial score (nSPS) is 9.18. The predicted molar refractivity (Wildman–Crippen MR) is 41.4 cm³/mol. The summed E-state index contributed by atoms with van der Waals surface area (Å²) in [6.07, 6.45) is 1.40. The molecule has 0 fully saturated rings. The maximum Gasteiger partial charge on any atom is 0.339 e. The molecule has 3 nitrogen and oxygen atoms in total. The summed E-state index contributed by atoms with van der Waals surface area (Å²) >= 11 is 4.73. The van der Waals surface area contributed by atoms with Crippen LogP contribution in [-0.4, -0.2) is 18.1 Å². The lowest BCUT2D eigenvalue weighted by molar-refractivity contribution is 0.0600. The molecule has 1 radical (unpaired) electrons. The van der Waals surface area contributed by atoms with E-state index >= 15 is 0 Å². The Kier molecular flexibility index (Phi) is 2.38. The molecule has 0 aliphatic carbocycles. The average Bonchev–Trinajstić information content (AvgIpc) is 2.05. The average molecular weight is 168 g/mol. The van der Waals surface area contributed by atoms with Crippen LogP contribution in [0.3, 0.4) is 0 Å². The number of esters is 1. The number of rotatable bonds is 1. The van der Waals surface area contributed by atoms with Crippen LogP contribution >= 0.6 is 12.6 Å². The lowest BCUT2D eigenvalue weighted by Crippen LogP contribution is -2.00. The highest BCUT2D eigenvalue weighted by molar-refractivity contribution is 7.80. The van der Waals surface area contributed by atoms with Gasteiger partial charge >= 0.3 is 5.97 Å². The number of hydrogen-bond acceptors (Lipinski definition) is 3. The van der Waals surface area contributed by atoms with Crippen LogP contribution in [0.25, 0.3) is 0 Å². The van der Waals surface area contributed by atoms with Gasteiger partial charge in [-0.3, -0.25) is 0 Å². The Bertz CT molecular complexity index is 258. The Hall–Kier alpha value is -1.16. The summed E-state index contributed by atoms with van der Waals surface area (Å²) in [5.41, 5.74) is 0.418. The fourth-order valence-electron chi connectivity index (χ4n) is 0.619. The van der Waals surface area contributed by atoms with E-state index in [4.69, 9.17) is 12.6 Å². The van der Waals surface area contributed by atoms with Crippen LogP contribution in [0.4, 0.5) is 0 Å². The summed E-state index contributed by atoms with van der Waals surface area (Å²) in [7, 11) is 1.32. The zero-order valence-electron chi connectivity index (χ0n) is 5.90. The third kappa shape index (κ3) is 1.88. The lowest BCUT2D eigenvalue weighted by atomic mass is 10.3. The second-order valence-electron chi connectivity index (χ2n) is 1.88. The summed E-state index contributed by atoms with van der Waals surface area (Å²) in [5, 5.41) is 0.470. The van der Waals surface area contributed by atoms with Crippen LogP contribution in [0.15, 0.2) is 23.4 Å². The molecule has 0 amide bonds. The summed E-state index contributed by atoms with van der Waals surface area (Å²) in [5.74, 6) is -0.396. The fourth-order valence-corrected chi connectivity index (χ4v) is 0.740. The van der Waals surface area contributed by atoms with Gasteiger partial charge in [-0.05, 0) is 12.1 Å². The number of carbonyl (C=O) groups excluding carboxylic acids is 1. The lowest BCUT2D eigenvalue weighted by Gasteiger charge is -1.96. The fraction of sp³-hybridized carbons (Fsp3) is 0.143. The molecule has 0 atom stereocenters. The quantitative estimate of drug-likeness (QED) is 0.595. The monoisotopic (exact) mass is 168 g/mol. The second kappa shape index (κ2) is 3.30. The Balaban J connectivity index is 2.90. The molecule has 0 N–H and O–H groups in total. The maximum atomic E-state index is 10.8. The molecule has 0 bridgehead atoms. The van der Waals surface area contributed by atoms with Gasteiger partial charge in [0.1, 0.15) is 5.03 Å². The van der Waals surface area contributed by atoms with Crippen LogP contribution < -0.4 is 0 Å². The highest BCUT2D eigenvalue weighted by atomic mass is 32.1. The zero-order chi connectivity index (χ0) is 8.27. The number of carbonyl (C=O) groups is 1. The molecule has 1 aromatic rings. The molecule has 0 saturated heterocycles. The van der Waals surface area contributed by atoms with Gasteiger partial charge in [-0.2, -0.15) is 0 Å². The van der Waals surface area contributed by atoms with Gasteiger partial charge in [0.05, 0.1) is 12.7 Å². The molecule has 0 aliphatic rings. The molecule has 1 heterocycles. The number of aromatic nitrogens is 1.